The number of imidazole rings is 1. The van der Waals surface area contributed by atoms with E-state index in [-0.39, 0.29) is 5.82 Å². The van der Waals surface area contributed by atoms with Gasteiger partial charge in [0.1, 0.15) is 24.0 Å². The molecule has 0 radical (unpaired) electrons. The minimum atomic E-state index is -0.291. The van der Waals surface area contributed by atoms with Gasteiger partial charge in [-0.2, -0.15) is 0 Å². The van der Waals surface area contributed by atoms with Crippen molar-refractivity contribution in [2.45, 2.75) is 13.5 Å². The molecule has 0 spiro atoms. The van der Waals surface area contributed by atoms with Crippen LogP contribution < -0.4 is 4.74 Å². The quantitative estimate of drug-likeness (QED) is 0.794. The second-order valence-electron chi connectivity index (χ2n) is 3.65. The topological polar surface area (TPSA) is 27.1 Å². The Morgan fingerprint density at radius 1 is 1.44 bits per heavy atom. The van der Waals surface area contributed by atoms with Crippen molar-refractivity contribution in [2.24, 2.45) is 7.05 Å². The molecule has 0 aliphatic carbocycles. The first-order valence-electron chi connectivity index (χ1n) is 5.02. The SMILES string of the molecule is Cc1ccc(F)cc1OCc1nccn1C. The van der Waals surface area contributed by atoms with Crippen LogP contribution in [-0.2, 0) is 13.7 Å². The number of hydrogen-bond donors (Lipinski definition) is 0. The van der Waals surface area contributed by atoms with Gasteiger partial charge in [-0.05, 0) is 18.6 Å². The van der Waals surface area contributed by atoms with Gasteiger partial charge in [0.05, 0.1) is 0 Å². The molecule has 1 heterocycles. The Hall–Kier alpha value is -1.84. The van der Waals surface area contributed by atoms with E-state index in [9.17, 15) is 4.39 Å². The normalized spacial score (nSPS) is 10.4. The Balaban J connectivity index is 2.10. The van der Waals surface area contributed by atoms with Crippen LogP contribution in [0, 0.1) is 12.7 Å². The van der Waals surface area contributed by atoms with Crippen LogP contribution in [0.25, 0.3) is 0 Å². The fourth-order valence-corrected chi connectivity index (χ4v) is 1.41. The van der Waals surface area contributed by atoms with Crippen molar-refractivity contribution in [1.29, 1.82) is 0 Å². The molecule has 2 rings (SSSR count). The predicted octanol–water partition coefficient (Wildman–Crippen LogP) is 2.45. The van der Waals surface area contributed by atoms with Gasteiger partial charge in [0.25, 0.3) is 0 Å². The summed E-state index contributed by atoms with van der Waals surface area (Å²) >= 11 is 0. The van der Waals surface area contributed by atoms with Crippen molar-refractivity contribution in [1.82, 2.24) is 9.55 Å². The molecule has 0 saturated carbocycles. The van der Waals surface area contributed by atoms with E-state index in [1.165, 1.54) is 12.1 Å². The minimum absolute atomic E-state index is 0.291. The molecule has 0 aliphatic rings. The fourth-order valence-electron chi connectivity index (χ4n) is 1.41. The lowest BCUT2D eigenvalue weighted by Crippen LogP contribution is -2.03. The van der Waals surface area contributed by atoms with Crippen LogP contribution in [-0.4, -0.2) is 9.55 Å². The molecule has 0 unspecified atom stereocenters. The lowest BCUT2D eigenvalue weighted by Gasteiger charge is -2.08. The van der Waals surface area contributed by atoms with Crippen molar-refractivity contribution in [3.8, 4) is 5.75 Å². The van der Waals surface area contributed by atoms with E-state index >= 15 is 0 Å². The smallest absolute Gasteiger partial charge is 0.146 e. The predicted molar refractivity (Wildman–Crippen MR) is 58.7 cm³/mol. The van der Waals surface area contributed by atoms with E-state index < -0.39 is 0 Å². The first-order valence-corrected chi connectivity index (χ1v) is 5.02. The standard InChI is InChI=1S/C12H13FN2O/c1-9-3-4-10(13)7-11(9)16-8-12-14-5-6-15(12)2/h3-7H,8H2,1-2H3. The summed E-state index contributed by atoms with van der Waals surface area (Å²) in [6.45, 7) is 2.22. The van der Waals surface area contributed by atoms with Gasteiger partial charge in [0, 0.05) is 25.5 Å². The fraction of sp³-hybridized carbons (Fsp3) is 0.250. The molecular weight excluding hydrogens is 207 g/mol. The molecule has 3 nitrogen and oxygen atoms in total. The number of ether oxygens (including phenoxy) is 1. The zero-order chi connectivity index (χ0) is 11.5. The average Bonchev–Trinajstić information content (AvgIpc) is 2.66. The largest absolute Gasteiger partial charge is 0.485 e. The molecule has 1 aromatic carbocycles. The maximum absolute atomic E-state index is 13.0. The Morgan fingerprint density at radius 2 is 2.25 bits per heavy atom. The molecule has 0 N–H and O–H groups in total. The van der Waals surface area contributed by atoms with Gasteiger partial charge in [-0.25, -0.2) is 9.37 Å². The van der Waals surface area contributed by atoms with E-state index in [2.05, 4.69) is 4.98 Å². The van der Waals surface area contributed by atoms with Crippen LogP contribution in [0.5, 0.6) is 5.75 Å². The molecular formula is C12H13FN2O. The number of aromatic nitrogens is 2. The summed E-state index contributed by atoms with van der Waals surface area (Å²) in [6.07, 6.45) is 3.55. The molecule has 0 aliphatic heterocycles. The second kappa shape index (κ2) is 4.35. The van der Waals surface area contributed by atoms with E-state index in [0.29, 0.717) is 12.4 Å². The molecule has 2 aromatic rings. The number of aryl methyl sites for hydroxylation is 2. The van der Waals surface area contributed by atoms with E-state index in [1.54, 1.807) is 12.3 Å². The van der Waals surface area contributed by atoms with Crippen LogP contribution in [0.3, 0.4) is 0 Å². The molecule has 4 heteroatoms. The van der Waals surface area contributed by atoms with Crippen molar-refractivity contribution in [3.63, 3.8) is 0 Å². The first-order chi connectivity index (χ1) is 7.66. The van der Waals surface area contributed by atoms with E-state index in [0.717, 1.165) is 11.4 Å². The van der Waals surface area contributed by atoms with Gasteiger partial charge in [0.2, 0.25) is 0 Å². The van der Waals surface area contributed by atoms with Gasteiger partial charge >= 0.3 is 0 Å². The Labute approximate surface area is 93.5 Å². The number of hydrogen-bond acceptors (Lipinski definition) is 2. The third kappa shape index (κ3) is 2.21. The summed E-state index contributed by atoms with van der Waals surface area (Å²) in [7, 11) is 1.89. The maximum Gasteiger partial charge on any atom is 0.146 e. The molecule has 0 saturated heterocycles. The minimum Gasteiger partial charge on any atom is -0.485 e. The Kier molecular flexibility index (Phi) is 2.90. The third-order valence-corrected chi connectivity index (χ3v) is 2.43. The van der Waals surface area contributed by atoms with Crippen molar-refractivity contribution < 1.29 is 9.13 Å². The molecule has 84 valence electrons. The zero-order valence-corrected chi connectivity index (χ0v) is 9.27. The lowest BCUT2D eigenvalue weighted by molar-refractivity contribution is 0.288. The molecule has 0 amide bonds. The third-order valence-electron chi connectivity index (χ3n) is 2.43. The van der Waals surface area contributed by atoms with Crippen LogP contribution >= 0.6 is 0 Å². The van der Waals surface area contributed by atoms with Gasteiger partial charge in [-0.15, -0.1) is 0 Å². The van der Waals surface area contributed by atoms with Gasteiger partial charge in [0.15, 0.2) is 0 Å². The van der Waals surface area contributed by atoms with Crippen LogP contribution in [0.15, 0.2) is 30.6 Å². The summed E-state index contributed by atoms with van der Waals surface area (Å²) in [5, 5.41) is 0. The summed E-state index contributed by atoms with van der Waals surface area (Å²) in [5.41, 5.74) is 0.913. The highest BCUT2D eigenvalue weighted by Gasteiger charge is 2.04. The Morgan fingerprint density at radius 3 is 2.94 bits per heavy atom. The molecule has 0 fully saturated rings. The Bertz CT molecular complexity index is 494. The molecule has 1 aromatic heterocycles. The van der Waals surface area contributed by atoms with Crippen LogP contribution in [0.1, 0.15) is 11.4 Å². The summed E-state index contributed by atoms with van der Waals surface area (Å²) in [6, 6.07) is 4.50. The van der Waals surface area contributed by atoms with Gasteiger partial charge in [-0.1, -0.05) is 6.07 Å². The van der Waals surface area contributed by atoms with E-state index in [1.807, 2.05) is 24.7 Å². The summed E-state index contributed by atoms with van der Waals surface area (Å²) in [5.74, 6) is 1.08. The lowest BCUT2D eigenvalue weighted by atomic mass is 10.2. The number of benzene rings is 1. The molecule has 0 atom stereocenters. The summed E-state index contributed by atoms with van der Waals surface area (Å²) in [4.78, 5) is 4.13. The highest BCUT2D eigenvalue weighted by Crippen LogP contribution is 2.19. The number of rotatable bonds is 3. The highest BCUT2D eigenvalue weighted by molar-refractivity contribution is 5.32. The number of halogens is 1. The second-order valence-corrected chi connectivity index (χ2v) is 3.65. The molecule has 16 heavy (non-hydrogen) atoms. The van der Waals surface area contributed by atoms with Crippen LogP contribution in [0.2, 0.25) is 0 Å². The maximum atomic E-state index is 13.0. The first kappa shape index (κ1) is 10.7. The van der Waals surface area contributed by atoms with Crippen LogP contribution in [0.4, 0.5) is 4.39 Å². The monoisotopic (exact) mass is 220 g/mol. The highest BCUT2D eigenvalue weighted by atomic mass is 19.1. The zero-order valence-electron chi connectivity index (χ0n) is 9.27. The van der Waals surface area contributed by atoms with E-state index in [4.69, 9.17) is 4.74 Å². The van der Waals surface area contributed by atoms with Crippen molar-refractivity contribution in [3.05, 3.63) is 47.8 Å². The van der Waals surface area contributed by atoms with Gasteiger partial charge < -0.3 is 9.30 Å². The van der Waals surface area contributed by atoms with Gasteiger partial charge in [-0.3, -0.25) is 0 Å². The molecule has 0 bridgehead atoms. The number of nitrogens with zero attached hydrogens (tertiary/aromatic N) is 2. The summed E-state index contributed by atoms with van der Waals surface area (Å²) < 4.78 is 20.4. The van der Waals surface area contributed by atoms with Crippen molar-refractivity contribution in [2.75, 3.05) is 0 Å². The average molecular weight is 220 g/mol. The van der Waals surface area contributed by atoms with Crippen molar-refractivity contribution >= 4 is 0 Å².